The van der Waals surface area contributed by atoms with Crippen LogP contribution in [0.3, 0.4) is 0 Å². The van der Waals surface area contributed by atoms with Crippen molar-refractivity contribution in [3.8, 4) is 44.7 Å². The van der Waals surface area contributed by atoms with Crippen molar-refractivity contribution in [2.45, 2.75) is 13.3 Å². The molecule has 0 atom stereocenters. The molecule has 2 heteroatoms. The van der Waals surface area contributed by atoms with Gasteiger partial charge in [-0.15, -0.1) is 0 Å². The lowest BCUT2D eigenvalue weighted by Gasteiger charge is -2.21. The highest BCUT2D eigenvalue weighted by Crippen LogP contribution is 2.48. The van der Waals surface area contributed by atoms with E-state index in [1.54, 1.807) is 0 Å². The van der Waals surface area contributed by atoms with E-state index < -0.39 is 0 Å². The average molecular weight is 589 g/mol. The van der Waals surface area contributed by atoms with Crippen LogP contribution in [-0.2, 0) is 6.42 Å². The minimum Gasteiger partial charge on any atom is -0.456 e. The molecule has 1 nitrogen and oxygen atoms in total. The average Bonchev–Trinajstić information content (AvgIpc) is 3.36. The Balaban J connectivity index is 1.43. The second kappa shape index (κ2) is 11.4. The zero-order valence-electron chi connectivity index (χ0n) is 26.2. The van der Waals surface area contributed by atoms with Gasteiger partial charge in [-0.05, 0) is 86.3 Å². The quantitative estimate of drug-likeness (QED) is 0.144. The van der Waals surface area contributed by atoms with Gasteiger partial charge in [-0.3, -0.25) is 0 Å². The fourth-order valence-electron chi connectivity index (χ4n) is 7.21. The first-order valence-electron chi connectivity index (χ1n) is 15.9. The summed E-state index contributed by atoms with van der Waals surface area (Å²) in [6.45, 7) is 6.29. The van der Waals surface area contributed by atoms with E-state index in [4.69, 9.17) is 4.42 Å². The van der Waals surface area contributed by atoms with E-state index in [0.29, 0.717) is 0 Å². The van der Waals surface area contributed by atoms with Gasteiger partial charge >= 0.3 is 0 Å². The molecule has 0 unspecified atom stereocenters. The van der Waals surface area contributed by atoms with Crippen molar-refractivity contribution in [2.75, 3.05) is 0 Å². The summed E-state index contributed by atoms with van der Waals surface area (Å²) in [5, 5.41) is 3.65. The Kier molecular flexibility index (Phi) is 6.92. The Labute approximate surface area is 271 Å². The van der Waals surface area contributed by atoms with Crippen molar-refractivity contribution in [1.82, 2.24) is 0 Å². The van der Waals surface area contributed by atoms with Crippen molar-refractivity contribution in [1.29, 1.82) is 0 Å². The maximum Gasteiger partial charge on any atom is 0.139 e. The lowest BCUT2D eigenvalue weighted by atomic mass is 9.82. The van der Waals surface area contributed by atoms with Crippen LogP contribution in [0.25, 0.3) is 78.6 Å². The first kappa shape index (κ1) is 27.9. The lowest BCUT2D eigenvalue weighted by Crippen LogP contribution is -1.99. The molecular formula is C44H33BO. The first-order valence-corrected chi connectivity index (χ1v) is 15.9. The molecule has 8 rings (SSSR count). The molecular weight excluding hydrogens is 555 g/mol. The van der Waals surface area contributed by atoms with Crippen LogP contribution in [0.2, 0.25) is 0 Å². The molecule has 0 bridgehead atoms. The number of benzene rings is 6. The molecule has 1 aromatic heterocycles. The Morgan fingerprint density at radius 2 is 1.43 bits per heavy atom. The smallest absolute Gasteiger partial charge is 0.139 e. The van der Waals surface area contributed by atoms with Crippen LogP contribution in [0, 0.1) is 6.92 Å². The van der Waals surface area contributed by atoms with Crippen molar-refractivity contribution < 1.29 is 4.42 Å². The van der Waals surface area contributed by atoms with Gasteiger partial charge in [0.1, 0.15) is 19.2 Å². The maximum atomic E-state index is 6.70. The summed E-state index contributed by atoms with van der Waals surface area (Å²) in [5.41, 5.74) is 15.5. The molecule has 0 saturated heterocycles. The van der Waals surface area contributed by atoms with Gasteiger partial charge in [0.25, 0.3) is 0 Å². The molecule has 1 aliphatic carbocycles. The van der Waals surface area contributed by atoms with E-state index in [9.17, 15) is 0 Å². The highest BCUT2D eigenvalue weighted by Gasteiger charge is 2.25. The standard InChI is InChI=1S/C44H33BO/c1-3-4-16-34-28(2)41(32-15-9-14-31(27-32)29-23-25-33(45)26-24-29)36-18-7-8-19-37(36)42(34)38-20-11-22-40-43(38)39-21-10-13-30-12-5-6-17-35(30)44(39)46-40/h3-20,22-27H,1,21,45H2,2H3/b16-4-. The third kappa shape index (κ3) is 4.57. The van der Waals surface area contributed by atoms with E-state index in [2.05, 4.69) is 161 Å². The summed E-state index contributed by atoms with van der Waals surface area (Å²) in [6, 6.07) is 41.6. The maximum absolute atomic E-state index is 6.70. The zero-order chi connectivity index (χ0) is 31.2. The van der Waals surface area contributed by atoms with E-state index in [1.165, 1.54) is 77.3 Å². The monoisotopic (exact) mass is 588 g/mol. The second-order valence-electron chi connectivity index (χ2n) is 12.2. The van der Waals surface area contributed by atoms with Gasteiger partial charge in [-0.25, -0.2) is 0 Å². The third-order valence-corrected chi connectivity index (χ3v) is 9.36. The van der Waals surface area contributed by atoms with Gasteiger partial charge in [-0.1, -0.05) is 146 Å². The van der Waals surface area contributed by atoms with Crippen LogP contribution >= 0.6 is 0 Å². The minimum atomic E-state index is 0.812. The highest BCUT2D eigenvalue weighted by molar-refractivity contribution is 6.32. The molecule has 0 N–H and O–H groups in total. The SMILES string of the molecule is Bc1ccc(-c2cccc(-c3c(C)c(/C=C\C=C)c(-c4cccc5oc6c(c45)CC=Cc4ccccc4-6)c4ccccc34)c2)cc1. The first-order chi connectivity index (χ1) is 22.6. The van der Waals surface area contributed by atoms with Gasteiger partial charge in [-0.2, -0.15) is 0 Å². The Morgan fingerprint density at radius 3 is 2.26 bits per heavy atom. The predicted octanol–water partition coefficient (Wildman–Crippen LogP) is 10.6. The zero-order valence-corrected chi connectivity index (χ0v) is 26.2. The van der Waals surface area contributed by atoms with Crippen LogP contribution < -0.4 is 5.46 Å². The molecule has 0 spiro atoms. The van der Waals surface area contributed by atoms with Crippen LogP contribution in [-0.4, -0.2) is 7.85 Å². The van der Waals surface area contributed by atoms with Gasteiger partial charge in [0.05, 0.1) is 0 Å². The Bertz CT molecular complexity index is 2370. The van der Waals surface area contributed by atoms with Crippen LogP contribution in [0.1, 0.15) is 22.3 Å². The van der Waals surface area contributed by atoms with Crippen molar-refractivity contribution in [3.05, 3.63) is 162 Å². The Hall–Kier alpha value is -5.60. The molecule has 7 aromatic rings. The van der Waals surface area contributed by atoms with Crippen molar-refractivity contribution in [2.24, 2.45) is 0 Å². The molecule has 0 radical (unpaired) electrons. The number of hydrogen-bond acceptors (Lipinski definition) is 1. The van der Waals surface area contributed by atoms with E-state index in [-0.39, 0.29) is 0 Å². The topological polar surface area (TPSA) is 13.1 Å². The summed E-state index contributed by atoms with van der Waals surface area (Å²) >= 11 is 0. The normalized spacial score (nSPS) is 12.4. The molecule has 0 aliphatic heterocycles. The summed E-state index contributed by atoms with van der Waals surface area (Å²) < 4.78 is 6.70. The van der Waals surface area contributed by atoms with Gasteiger partial charge in [0.2, 0.25) is 0 Å². The summed E-state index contributed by atoms with van der Waals surface area (Å²) in [6.07, 6.45) is 11.4. The molecule has 6 aromatic carbocycles. The molecule has 1 aliphatic rings. The predicted molar refractivity (Wildman–Crippen MR) is 200 cm³/mol. The number of rotatable bonds is 5. The third-order valence-electron chi connectivity index (χ3n) is 9.36. The van der Waals surface area contributed by atoms with Crippen molar-refractivity contribution >= 4 is 47.2 Å². The minimum absolute atomic E-state index is 0.812. The van der Waals surface area contributed by atoms with E-state index in [1.807, 2.05) is 6.08 Å². The molecule has 0 fully saturated rings. The largest absolute Gasteiger partial charge is 0.456 e. The molecule has 0 amide bonds. The Morgan fingerprint density at radius 1 is 0.717 bits per heavy atom. The molecule has 1 heterocycles. The van der Waals surface area contributed by atoms with Crippen LogP contribution in [0.4, 0.5) is 0 Å². The van der Waals surface area contributed by atoms with Gasteiger partial charge in [0, 0.05) is 16.5 Å². The summed E-state index contributed by atoms with van der Waals surface area (Å²) in [4.78, 5) is 0. The molecule has 218 valence electrons. The number of fused-ring (bicyclic) bond motifs is 6. The number of allylic oxidation sites excluding steroid dienone is 3. The van der Waals surface area contributed by atoms with Gasteiger partial charge in [0.15, 0.2) is 0 Å². The number of hydrogen-bond donors (Lipinski definition) is 0. The summed E-state index contributed by atoms with van der Waals surface area (Å²) in [5.74, 6) is 0.969. The number of furan rings is 1. The molecule has 46 heavy (non-hydrogen) atoms. The highest BCUT2D eigenvalue weighted by atomic mass is 16.3. The van der Waals surface area contributed by atoms with E-state index in [0.717, 1.165) is 23.3 Å². The second-order valence-corrected chi connectivity index (χ2v) is 12.2. The van der Waals surface area contributed by atoms with Crippen LogP contribution in [0.15, 0.2) is 144 Å². The fraction of sp³-hybridized carbons (Fsp3) is 0.0455. The molecule has 0 saturated carbocycles. The van der Waals surface area contributed by atoms with Crippen LogP contribution in [0.5, 0.6) is 0 Å². The summed E-state index contributed by atoms with van der Waals surface area (Å²) in [7, 11) is 2.13. The lowest BCUT2D eigenvalue weighted by molar-refractivity contribution is 0.628. The fourth-order valence-corrected chi connectivity index (χ4v) is 7.21. The van der Waals surface area contributed by atoms with E-state index >= 15 is 0 Å². The van der Waals surface area contributed by atoms with Gasteiger partial charge < -0.3 is 4.42 Å². The van der Waals surface area contributed by atoms with Crippen molar-refractivity contribution in [3.63, 3.8) is 0 Å².